The Labute approximate surface area is 121 Å². The number of carboxylic acid groups (broad SMARTS) is 1. The molecule has 20 heavy (non-hydrogen) atoms. The number of hydrogen-bond acceptors (Lipinski definition) is 3. The quantitative estimate of drug-likeness (QED) is 0.822. The van der Waals surface area contributed by atoms with Gasteiger partial charge in [-0.05, 0) is 12.3 Å². The molecule has 5 heteroatoms. The van der Waals surface area contributed by atoms with Crippen LogP contribution in [-0.4, -0.2) is 47.6 Å². The van der Waals surface area contributed by atoms with Crippen LogP contribution in [0.25, 0.3) is 0 Å². The van der Waals surface area contributed by atoms with Crippen molar-refractivity contribution in [3.8, 4) is 0 Å². The van der Waals surface area contributed by atoms with Crippen LogP contribution >= 0.6 is 0 Å². The number of rotatable bonds is 4. The van der Waals surface area contributed by atoms with Gasteiger partial charge in [0.05, 0.1) is 5.92 Å². The van der Waals surface area contributed by atoms with Gasteiger partial charge in [-0.2, -0.15) is 0 Å². The number of amides is 1. The molecular weight excluding hydrogens is 256 g/mol. The molecule has 5 nitrogen and oxygen atoms in total. The summed E-state index contributed by atoms with van der Waals surface area (Å²) in [5.41, 5.74) is -0.445. The summed E-state index contributed by atoms with van der Waals surface area (Å²) in [5.74, 6) is -0.694. The highest BCUT2D eigenvalue weighted by atomic mass is 16.4. The third kappa shape index (κ3) is 5.12. The van der Waals surface area contributed by atoms with Gasteiger partial charge in [-0.1, -0.05) is 34.6 Å². The number of piperidine rings is 1. The zero-order valence-electron chi connectivity index (χ0n) is 13.3. The zero-order chi connectivity index (χ0) is 15.5. The van der Waals surface area contributed by atoms with E-state index < -0.39 is 17.3 Å². The molecule has 0 bridgehead atoms. The Hall–Kier alpha value is -1.10. The molecular formula is C15H28N2O3. The molecule has 1 saturated heterocycles. The summed E-state index contributed by atoms with van der Waals surface area (Å²) in [6, 6.07) is -0.0738. The minimum atomic E-state index is -0.770. The maximum Gasteiger partial charge on any atom is 0.307 e. The van der Waals surface area contributed by atoms with Crippen LogP contribution in [0.3, 0.4) is 0 Å². The third-order valence-corrected chi connectivity index (χ3v) is 3.52. The van der Waals surface area contributed by atoms with E-state index in [1.54, 1.807) is 0 Å². The number of nitrogens with zero attached hydrogens (tertiary/aromatic N) is 1. The van der Waals surface area contributed by atoms with Crippen LogP contribution in [0.4, 0.5) is 0 Å². The van der Waals surface area contributed by atoms with Crippen LogP contribution < -0.4 is 5.32 Å². The molecule has 1 fully saturated rings. The first-order valence-corrected chi connectivity index (χ1v) is 7.35. The van der Waals surface area contributed by atoms with Crippen molar-refractivity contribution in [1.29, 1.82) is 0 Å². The predicted molar refractivity (Wildman–Crippen MR) is 78.4 cm³/mol. The first kappa shape index (κ1) is 17.0. The summed E-state index contributed by atoms with van der Waals surface area (Å²) in [6.45, 7) is 12.0. The van der Waals surface area contributed by atoms with Crippen molar-refractivity contribution in [1.82, 2.24) is 10.2 Å². The Morgan fingerprint density at radius 2 is 1.90 bits per heavy atom. The molecule has 1 aliphatic rings. The van der Waals surface area contributed by atoms with Crippen molar-refractivity contribution in [3.05, 3.63) is 0 Å². The van der Waals surface area contributed by atoms with Crippen LogP contribution in [0, 0.1) is 17.3 Å². The third-order valence-electron chi connectivity index (χ3n) is 3.52. The molecule has 2 unspecified atom stereocenters. The molecule has 0 aromatic rings. The van der Waals surface area contributed by atoms with Crippen molar-refractivity contribution < 1.29 is 14.7 Å². The molecule has 1 rings (SSSR count). The first-order valence-electron chi connectivity index (χ1n) is 7.35. The average molecular weight is 284 g/mol. The van der Waals surface area contributed by atoms with E-state index in [0.29, 0.717) is 18.9 Å². The number of carboxylic acids is 1. The molecule has 0 aromatic carbocycles. The van der Waals surface area contributed by atoms with Crippen LogP contribution in [0.15, 0.2) is 0 Å². The van der Waals surface area contributed by atoms with Crippen molar-refractivity contribution in [2.45, 2.75) is 47.1 Å². The molecule has 1 heterocycles. The van der Waals surface area contributed by atoms with E-state index in [4.69, 9.17) is 0 Å². The standard InChI is InChI=1S/C15H28N2O3/c1-10(2)7-17-8-11(13(18)19)6-12(9-17)16-14(20)15(3,4)5/h10-12H,6-9H2,1-5H3,(H,16,20)(H,18,19). The molecule has 1 aliphatic heterocycles. The highest BCUT2D eigenvalue weighted by Gasteiger charge is 2.34. The van der Waals surface area contributed by atoms with E-state index in [1.165, 1.54) is 0 Å². The molecule has 1 amide bonds. The Morgan fingerprint density at radius 1 is 1.30 bits per heavy atom. The lowest BCUT2D eigenvalue weighted by Gasteiger charge is -2.38. The number of carbonyl (C=O) groups excluding carboxylic acids is 1. The fourth-order valence-electron chi connectivity index (χ4n) is 2.54. The Balaban J connectivity index is 2.69. The van der Waals surface area contributed by atoms with E-state index in [2.05, 4.69) is 24.1 Å². The molecule has 0 saturated carbocycles. The minimum Gasteiger partial charge on any atom is -0.481 e. The predicted octanol–water partition coefficient (Wildman–Crippen LogP) is 1.58. The second-order valence-electron chi connectivity index (χ2n) is 7.30. The maximum absolute atomic E-state index is 12.1. The van der Waals surface area contributed by atoms with Crippen molar-refractivity contribution in [2.24, 2.45) is 17.3 Å². The normalized spacial score (nSPS) is 24.7. The fraction of sp³-hybridized carbons (Fsp3) is 0.867. The number of hydrogen-bond donors (Lipinski definition) is 2. The van der Waals surface area contributed by atoms with Gasteiger partial charge in [0.15, 0.2) is 0 Å². The summed E-state index contributed by atoms with van der Waals surface area (Å²) in [6.07, 6.45) is 0.520. The van der Waals surface area contributed by atoms with E-state index in [-0.39, 0.29) is 11.9 Å². The van der Waals surface area contributed by atoms with Gasteiger partial charge in [0, 0.05) is 31.1 Å². The number of likely N-dealkylation sites (tertiary alicyclic amines) is 1. The van der Waals surface area contributed by atoms with E-state index in [0.717, 1.165) is 13.1 Å². The van der Waals surface area contributed by atoms with Crippen LogP contribution in [0.2, 0.25) is 0 Å². The molecule has 0 spiro atoms. The smallest absolute Gasteiger partial charge is 0.307 e. The van der Waals surface area contributed by atoms with Gasteiger partial charge in [0.1, 0.15) is 0 Å². The van der Waals surface area contributed by atoms with E-state index in [9.17, 15) is 14.7 Å². The maximum atomic E-state index is 12.1. The summed E-state index contributed by atoms with van der Waals surface area (Å²) in [5, 5.41) is 12.3. The SMILES string of the molecule is CC(C)CN1CC(NC(=O)C(C)(C)C)CC(C(=O)O)C1. The second kappa shape index (κ2) is 6.57. The van der Waals surface area contributed by atoms with Crippen LogP contribution in [-0.2, 0) is 9.59 Å². The molecule has 2 N–H and O–H groups in total. The van der Waals surface area contributed by atoms with Crippen LogP contribution in [0.1, 0.15) is 41.0 Å². The largest absolute Gasteiger partial charge is 0.481 e. The minimum absolute atomic E-state index is 0.0157. The molecule has 0 aromatic heterocycles. The van der Waals surface area contributed by atoms with Gasteiger partial charge in [-0.15, -0.1) is 0 Å². The number of aliphatic carboxylic acids is 1. The van der Waals surface area contributed by atoms with E-state index >= 15 is 0 Å². The van der Waals surface area contributed by atoms with Crippen molar-refractivity contribution in [2.75, 3.05) is 19.6 Å². The topological polar surface area (TPSA) is 69.6 Å². The molecule has 0 aliphatic carbocycles. The Kier molecular flexibility index (Phi) is 5.57. The number of carbonyl (C=O) groups is 2. The number of nitrogens with one attached hydrogen (secondary N) is 1. The second-order valence-corrected chi connectivity index (χ2v) is 7.30. The van der Waals surface area contributed by atoms with Gasteiger partial charge < -0.3 is 15.3 Å². The van der Waals surface area contributed by atoms with Crippen molar-refractivity contribution >= 4 is 11.9 Å². The monoisotopic (exact) mass is 284 g/mol. The Morgan fingerprint density at radius 3 is 2.35 bits per heavy atom. The lowest BCUT2D eigenvalue weighted by Crippen LogP contribution is -2.54. The van der Waals surface area contributed by atoms with Gasteiger partial charge in [0.2, 0.25) is 5.91 Å². The highest BCUT2D eigenvalue weighted by molar-refractivity contribution is 5.81. The fourth-order valence-corrected chi connectivity index (χ4v) is 2.54. The highest BCUT2D eigenvalue weighted by Crippen LogP contribution is 2.20. The lowest BCUT2D eigenvalue weighted by molar-refractivity contribution is -0.145. The van der Waals surface area contributed by atoms with Gasteiger partial charge in [-0.25, -0.2) is 0 Å². The average Bonchev–Trinajstić information content (AvgIpc) is 2.26. The molecule has 116 valence electrons. The lowest BCUT2D eigenvalue weighted by atomic mass is 9.91. The van der Waals surface area contributed by atoms with Gasteiger partial charge >= 0.3 is 5.97 Å². The van der Waals surface area contributed by atoms with Crippen LogP contribution in [0.5, 0.6) is 0 Å². The summed E-state index contributed by atoms with van der Waals surface area (Å²) < 4.78 is 0. The summed E-state index contributed by atoms with van der Waals surface area (Å²) >= 11 is 0. The summed E-state index contributed by atoms with van der Waals surface area (Å²) in [7, 11) is 0. The van der Waals surface area contributed by atoms with Gasteiger partial charge in [-0.3, -0.25) is 9.59 Å². The molecule has 0 radical (unpaired) electrons. The van der Waals surface area contributed by atoms with Gasteiger partial charge in [0.25, 0.3) is 0 Å². The van der Waals surface area contributed by atoms with Crippen molar-refractivity contribution in [3.63, 3.8) is 0 Å². The zero-order valence-corrected chi connectivity index (χ0v) is 13.3. The summed E-state index contributed by atoms with van der Waals surface area (Å²) in [4.78, 5) is 25.5. The Bertz CT molecular complexity index is 361. The first-order chi connectivity index (χ1) is 9.09. The van der Waals surface area contributed by atoms with E-state index in [1.807, 2.05) is 20.8 Å². The molecule has 2 atom stereocenters.